The van der Waals surface area contributed by atoms with Crippen molar-refractivity contribution in [2.45, 2.75) is 0 Å². The molecule has 0 N–H and O–H groups in total. The standard InChI is InChI=1S/Al.BO3.Ca/c;2-1(3)4;/q+3;-3;+2. The van der Waals surface area contributed by atoms with E-state index in [0.29, 0.717) is 0 Å². The van der Waals surface area contributed by atoms with Crippen molar-refractivity contribution >= 4 is 62.4 Å². The molecule has 0 aliphatic carbocycles. The van der Waals surface area contributed by atoms with Crippen LogP contribution in [0.4, 0.5) is 0 Å². The molecule has 6 heteroatoms. The molecule has 0 radical (unpaired) electrons. The van der Waals surface area contributed by atoms with Gasteiger partial charge in [0.1, 0.15) is 0 Å². The van der Waals surface area contributed by atoms with Gasteiger partial charge in [0, 0.05) is 0 Å². The minimum atomic E-state index is -2.92. The van der Waals surface area contributed by atoms with E-state index >= 15 is 0 Å². The van der Waals surface area contributed by atoms with E-state index in [4.69, 9.17) is 15.1 Å². The van der Waals surface area contributed by atoms with Gasteiger partial charge in [-0.05, 0) is 0 Å². The van der Waals surface area contributed by atoms with Crippen LogP contribution in [0, 0.1) is 0 Å². The van der Waals surface area contributed by atoms with Crippen molar-refractivity contribution in [1.82, 2.24) is 0 Å². The summed E-state index contributed by atoms with van der Waals surface area (Å²) in [6.07, 6.45) is 0. The Hall–Kier alpha value is 1.74. The normalized spacial score (nSPS) is 4.50. The molecule has 0 unspecified atom stereocenters. The van der Waals surface area contributed by atoms with E-state index < -0.39 is 7.32 Å². The summed E-state index contributed by atoms with van der Waals surface area (Å²) in [7, 11) is -2.92. The van der Waals surface area contributed by atoms with Crippen LogP contribution in [0.5, 0.6) is 0 Å². The Kier molecular flexibility index (Phi) is 25.8. The summed E-state index contributed by atoms with van der Waals surface area (Å²) in [6.45, 7) is 0. The predicted octanol–water partition coefficient (Wildman–Crippen LogP) is -4.71. The summed E-state index contributed by atoms with van der Waals surface area (Å²) < 4.78 is 0. The van der Waals surface area contributed by atoms with Crippen molar-refractivity contribution in [3.8, 4) is 0 Å². The van der Waals surface area contributed by atoms with E-state index in [-0.39, 0.29) is 55.1 Å². The molecule has 6 heavy (non-hydrogen) atoms. The third kappa shape index (κ3) is 42.7. The van der Waals surface area contributed by atoms with Gasteiger partial charge >= 0.3 is 55.1 Å². The first kappa shape index (κ1) is 15.6. The van der Waals surface area contributed by atoms with E-state index in [2.05, 4.69) is 0 Å². The fourth-order valence-corrected chi connectivity index (χ4v) is 0. The van der Waals surface area contributed by atoms with Crippen LogP contribution in [0.15, 0.2) is 0 Å². The summed E-state index contributed by atoms with van der Waals surface area (Å²) in [6, 6.07) is 0. The molecule has 0 aromatic heterocycles. The maximum atomic E-state index is 8.42. The molecular formula is AlBCaO3+2. The first-order chi connectivity index (χ1) is 1.73. The molecule has 24 valence electrons. The predicted molar refractivity (Wildman–Crippen MR) is 17.3 cm³/mol. The molecule has 0 aromatic rings. The molecule has 0 atom stereocenters. The van der Waals surface area contributed by atoms with Gasteiger partial charge in [0.05, 0.1) is 0 Å². The molecular weight excluding hydrogens is 126 g/mol. The van der Waals surface area contributed by atoms with E-state index in [1.54, 1.807) is 0 Å². The second-order valence-electron chi connectivity index (χ2n) is 0.289. The van der Waals surface area contributed by atoms with Crippen LogP contribution >= 0.6 is 0 Å². The third-order valence-corrected chi connectivity index (χ3v) is 0. The quantitative estimate of drug-likeness (QED) is 0.306. The largest absolute Gasteiger partial charge is 3.00 e. The van der Waals surface area contributed by atoms with Crippen LogP contribution in [0.25, 0.3) is 0 Å². The number of hydrogen-bond donors (Lipinski definition) is 0. The Morgan fingerprint density at radius 3 is 1.00 bits per heavy atom. The molecule has 0 aromatic carbocycles. The summed E-state index contributed by atoms with van der Waals surface area (Å²) in [5, 5.41) is 25.2. The molecule has 0 aliphatic rings. The van der Waals surface area contributed by atoms with Gasteiger partial charge < -0.3 is 15.1 Å². The smallest absolute Gasteiger partial charge is 0.907 e. The first-order valence-corrected chi connectivity index (χ1v) is 0.707. The van der Waals surface area contributed by atoms with E-state index in [1.165, 1.54) is 0 Å². The van der Waals surface area contributed by atoms with Gasteiger partial charge in [0.15, 0.2) is 0 Å². The maximum absolute atomic E-state index is 8.42. The van der Waals surface area contributed by atoms with Crippen molar-refractivity contribution in [2.24, 2.45) is 0 Å². The van der Waals surface area contributed by atoms with Gasteiger partial charge in [-0.3, -0.25) is 7.32 Å². The van der Waals surface area contributed by atoms with Crippen LogP contribution in [0.2, 0.25) is 0 Å². The zero-order valence-corrected chi connectivity index (χ0v) is 6.45. The Bertz CT molecular complexity index is 15.5. The van der Waals surface area contributed by atoms with Crippen LogP contribution in [-0.2, 0) is 0 Å². The molecule has 0 fully saturated rings. The Morgan fingerprint density at radius 1 is 1.00 bits per heavy atom. The van der Waals surface area contributed by atoms with Crippen LogP contribution in [-0.4, -0.2) is 62.4 Å². The zero-order valence-electron chi connectivity index (χ0n) is 3.09. The van der Waals surface area contributed by atoms with Gasteiger partial charge in [-0.2, -0.15) is 0 Å². The minimum absolute atomic E-state index is 0. The van der Waals surface area contributed by atoms with E-state index in [9.17, 15) is 0 Å². The fourth-order valence-electron chi connectivity index (χ4n) is 0. The topological polar surface area (TPSA) is 69.2 Å². The zero-order chi connectivity index (χ0) is 3.58. The van der Waals surface area contributed by atoms with Gasteiger partial charge in [0.25, 0.3) is 0 Å². The molecule has 0 rings (SSSR count). The van der Waals surface area contributed by atoms with Crippen molar-refractivity contribution in [3.05, 3.63) is 0 Å². The Morgan fingerprint density at radius 2 is 1.00 bits per heavy atom. The van der Waals surface area contributed by atoms with Crippen molar-refractivity contribution in [1.29, 1.82) is 0 Å². The monoisotopic (exact) mass is 126 g/mol. The molecule has 0 bridgehead atoms. The van der Waals surface area contributed by atoms with Gasteiger partial charge in [-0.1, -0.05) is 0 Å². The van der Waals surface area contributed by atoms with Crippen LogP contribution in [0.1, 0.15) is 0 Å². The first-order valence-electron chi connectivity index (χ1n) is 0.707. The maximum Gasteiger partial charge on any atom is 3.00 e. The minimum Gasteiger partial charge on any atom is -0.907 e. The van der Waals surface area contributed by atoms with E-state index in [1.807, 2.05) is 0 Å². The van der Waals surface area contributed by atoms with Crippen molar-refractivity contribution < 1.29 is 15.1 Å². The molecule has 3 nitrogen and oxygen atoms in total. The summed E-state index contributed by atoms with van der Waals surface area (Å²) in [4.78, 5) is 0. The average Bonchev–Trinajstić information content (AvgIpc) is 0.811. The van der Waals surface area contributed by atoms with Gasteiger partial charge in [-0.25, -0.2) is 0 Å². The second-order valence-corrected chi connectivity index (χ2v) is 0.289. The second kappa shape index (κ2) is 9.88. The molecule has 0 heterocycles. The Balaban J connectivity index is -0.0000000450. The summed E-state index contributed by atoms with van der Waals surface area (Å²) in [5.41, 5.74) is 0. The fraction of sp³-hybridized carbons (Fsp3) is 0. The van der Waals surface area contributed by atoms with Crippen LogP contribution in [0.3, 0.4) is 0 Å². The summed E-state index contributed by atoms with van der Waals surface area (Å²) >= 11 is 0. The average molecular weight is 126 g/mol. The summed E-state index contributed by atoms with van der Waals surface area (Å²) in [5.74, 6) is 0. The molecule has 0 saturated carbocycles. The van der Waals surface area contributed by atoms with Crippen LogP contribution < -0.4 is 15.1 Å². The SMILES string of the molecule is [Al+3].[Ca+2].[O-]B([O-])[O-]. The molecule has 0 saturated heterocycles. The van der Waals surface area contributed by atoms with Crippen molar-refractivity contribution in [3.63, 3.8) is 0 Å². The van der Waals surface area contributed by atoms with Crippen molar-refractivity contribution in [2.75, 3.05) is 0 Å². The number of hydrogen-bond acceptors (Lipinski definition) is 3. The third-order valence-electron chi connectivity index (χ3n) is 0. The van der Waals surface area contributed by atoms with E-state index in [0.717, 1.165) is 0 Å². The Labute approximate surface area is 76.7 Å². The van der Waals surface area contributed by atoms with Gasteiger partial charge in [-0.15, -0.1) is 0 Å². The molecule has 0 spiro atoms. The molecule has 0 amide bonds. The molecule has 0 aliphatic heterocycles. The number of rotatable bonds is 0. The van der Waals surface area contributed by atoms with Gasteiger partial charge in [0.2, 0.25) is 0 Å².